The highest BCUT2D eigenvalue weighted by Gasteiger charge is 2.38. The van der Waals surface area contributed by atoms with Gasteiger partial charge in [0.15, 0.2) is 0 Å². The molecule has 20 nitrogen and oxygen atoms in total. The second kappa shape index (κ2) is 42.0. The molecule has 0 radical (unpaired) electrons. The van der Waals surface area contributed by atoms with Gasteiger partial charge in [-0.3, -0.25) is 0 Å². The number of aliphatic hydroxyl groups excluding tert-OH is 6. The predicted octanol–water partition coefficient (Wildman–Crippen LogP) is 24.7. The summed E-state index contributed by atoms with van der Waals surface area (Å²) >= 11 is 54.3. The minimum absolute atomic E-state index is 0.0752. The summed E-state index contributed by atoms with van der Waals surface area (Å²) < 4.78 is 147. The molecule has 0 aliphatic heterocycles. The zero-order chi connectivity index (χ0) is 93.3. The van der Waals surface area contributed by atoms with Gasteiger partial charge in [-0.25, -0.2) is 43.5 Å². The lowest BCUT2D eigenvalue weighted by Crippen LogP contribution is -2.21. The van der Waals surface area contributed by atoms with E-state index >= 15 is 0 Å². The van der Waals surface area contributed by atoms with Gasteiger partial charge in [-0.15, -0.1) is 0 Å². The molecule has 0 saturated heterocycles. The van der Waals surface area contributed by atoms with Crippen LogP contribution in [0.4, 0.5) is 48.3 Å². The van der Waals surface area contributed by atoms with Crippen LogP contribution < -0.4 is 0 Å². The molecule has 0 unspecified atom stereocenters. The largest absolute Gasteiger partial charge is 0.490 e. The lowest BCUT2D eigenvalue weighted by atomic mass is 10.1. The number of aliphatic carboxylic acids is 1. The maximum Gasteiger partial charge on any atom is 0.490 e. The molecule has 6 aromatic carbocycles. The number of rotatable bonds is 12. The minimum atomic E-state index is -5.08. The Balaban J connectivity index is 0.000000138. The maximum atomic E-state index is 13.9. The Labute approximate surface area is 778 Å². The highest BCUT2D eigenvalue weighted by Crippen LogP contribution is 2.39. The molecule has 12 aromatic heterocycles. The van der Waals surface area contributed by atoms with Gasteiger partial charge in [-0.05, 0) is 127 Å². The number of pyridine rings is 6. The smallest absolute Gasteiger partial charge is 0.475 e. The van der Waals surface area contributed by atoms with E-state index in [1.807, 2.05) is 63.5 Å². The summed E-state index contributed by atoms with van der Waals surface area (Å²) in [6.07, 6.45) is -5.06. The number of carbonyl (C=O) groups is 1. The molecule has 666 valence electrons. The number of alkyl halides is 9. The van der Waals surface area contributed by atoms with E-state index in [-0.39, 0.29) is 37.7 Å². The summed E-state index contributed by atoms with van der Waals surface area (Å²) in [6, 6.07) is 55.8. The molecule has 7 N–H and O–H groups in total. The molecule has 0 aliphatic carbocycles. The van der Waals surface area contributed by atoms with Crippen molar-refractivity contribution in [1.82, 2.24) is 56.3 Å². The minimum Gasteiger partial charge on any atom is -0.475 e. The van der Waals surface area contributed by atoms with Gasteiger partial charge in [0, 0.05) is 145 Å². The first-order chi connectivity index (χ1) is 61.3. The Morgan fingerprint density at radius 1 is 0.310 bits per heavy atom. The summed E-state index contributed by atoms with van der Waals surface area (Å²) in [4.78, 5) is 35.3. The van der Waals surface area contributed by atoms with E-state index in [4.69, 9.17) is 103 Å². The highest BCUT2D eigenvalue weighted by molar-refractivity contribution is 9.10. The van der Waals surface area contributed by atoms with E-state index in [0.717, 1.165) is 96.3 Å². The third-order valence-electron chi connectivity index (χ3n) is 18.8. The van der Waals surface area contributed by atoms with E-state index in [0.29, 0.717) is 114 Å². The average molecular weight is 2060 g/mol. The number of carboxylic acid groups (broad SMARTS) is 1. The van der Waals surface area contributed by atoms with Crippen molar-refractivity contribution < 1.29 is 88.8 Å². The van der Waals surface area contributed by atoms with Gasteiger partial charge >= 0.3 is 24.5 Å². The van der Waals surface area contributed by atoms with Crippen molar-refractivity contribution in [2.75, 3.05) is 0 Å². The van der Waals surface area contributed by atoms with E-state index in [1.54, 1.807) is 143 Å². The topological polar surface area (TPSA) is 262 Å². The molecule has 12 heterocycles. The fraction of sp³-hybridized carbons (Fsp3) is 0.102. The quantitative estimate of drug-likeness (QED) is 0.0561. The van der Waals surface area contributed by atoms with Crippen LogP contribution in [0.5, 0.6) is 0 Å². The highest BCUT2D eigenvalue weighted by atomic mass is 79.9. The van der Waals surface area contributed by atoms with E-state index < -0.39 is 60.5 Å². The van der Waals surface area contributed by atoms with Crippen LogP contribution in [-0.4, -0.2) is 104 Å². The molecule has 0 atom stereocenters. The summed E-state index contributed by atoms with van der Waals surface area (Å²) in [5, 5.41) is 69.1. The predicted molar refractivity (Wildman–Crippen MR) is 478 cm³/mol. The fourth-order valence-electron chi connectivity index (χ4n) is 12.9. The van der Waals surface area contributed by atoms with Crippen LogP contribution in [0.25, 0.3) is 101 Å². The fourth-order valence-corrected chi connectivity index (χ4v) is 14.8. The summed E-state index contributed by atoms with van der Waals surface area (Å²) in [6.45, 7) is -1.49. The first-order valence-electron chi connectivity index (χ1n) is 37.0. The molecule has 0 fully saturated rings. The Morgan fingerprint density at radius 3 is 0.868 bits per heavy atom. The molecular formula is C88H59Br2Cl8F11N12O8. The number of halogens is 21. The second-order valence-electron chi connectivity index (χ2n) is 27.1. The second-order valence-corrected chi connectivity index (χ2v) is 32.3. The Bertz CT molecular complexity index is 6680. The van der Waals surface area contributed by atoms with Gasteiger partial charge in [0.2, 0.25) is 0 Å². The molecule has 0 bridgehead atoms. The van der Waals surface area contributed by atoms with Gasteiger partial charge in [0.1, 0.15) is 45.5 Å². The molecule has 0 saturated carbocycles. The first kappa shape index (κ1) is 97.3. The van der Waals surface area contributed by atoms with Gasteiger partial charge in [0.25, 0.3) is 0 Å². The van der Waals surface area contributed by atoms with Crippen molar-refractivity contribution in [1.29, 1.82) is 0 Å². The molecule has 129 heavy (non-hydrogen) atoms. The molecule has 0 spiro atoms. The van der Waals surface area contributed by atoms with Crippen molar-refractivity contribution in [3.8, 4) is 67.5 Å². The zero-order valence-corrected chi connectivity index (χ0v) is 74.4. The van der Waals surface area contributed by atoms with Crippen molar-refractivity contribution in [3.05, 3.63) is 349 Å². The number of carboxylic acids is 1. The molecule has 0 aliphatic rings. The normalized spacial score (nSPS) is 11.5. The third-order valence-corrected chi connectivity index (χ3v) is 21.9. The molecular weight excluding hydrogens is 2010 g/mol. The number of fused-ring (bicyclic) bond motifs is 6. The number of hydrogen-bond donors (Lipinski definition) is 7. The van der Waals surface area contributed by atoms with Crippen molar-refractivity contribution in [2.24, 2.45) is 0 Å². The summed E-state index contributed by atoms with van der Waals surface area (Å²) in [5.74, 6) is -4.15. The third kappa shape index (κ3) is 23.2. The van der Waals surface area contributed by atoms with Crippen LogP contribution in [0.15, 0.2) is 252 Å². The van der Waals surface area contributed by atoms with Crippen LogP contribution in [0.2, 0.25) is 40.2 Å². The molecule has 0 amide bonds. The number of benzene rings is 6. The lowest BCUT2D eigenvalue weighted by molar-refractivity contribution is -0.192. The number of nitrogens with zero attached hydrogens (tertiary/aromatic N) is 12. The Morgan fingerprint density at radius 2 is 0.574 bits per heavy atom. The van der Waals surface area contributed by atoms with Crippen LogP contribution in [-0.2, 0) is 56.8 Å². The first-order valence-corrected chi connectivity index (χ1v) is 41.6. The Kier molecular flexibility index (Phi) is 31.6. The van der Waals surface area contributed by atoms with Crippen LogP contribution in [0, 0.1) is 11.6 Å². The van der Waals surface area contributed by atoms with Crippen LogP contribution in [0.3, 0.4) is 0 Å². The zero-order valence-electron chi connectivity index (χ0n) is 65.2. The van der Waals surface area contributed by atoms with Crippen molar-refractivity contribution >= 4 is 165 Å². The number of hydrogen-bond acceptors (Lipinski definition) is 13. The lowest BCUT2D eigenvalue weighted by Gasteiger charge is -2.08. The van der Waals surface area contributed by atoms with E-state index in [9.17, 15) is 78.9 Å². The standard InChI is InChI=1S/C15H10BrF3N2O.C15H10ClF3N2O.C14H10BrClN2O.C14H9Cl3N2O.C14H10Cl2N2O.C14H9ClF2N2O.C2HF3O2/c2*16-11-4-1-9(2-5-11)14-12(8-22)21-7-10(15(17,18)19)3-6-13(21)20-14;15-10-3-1-9(2-4-10)14-12(8-19)18-6-5-11(16)7-13(18)17-14;15-8-1-2-10(11(17)5-8)14-12(7-20)19-4-3-9(16)6-13(19)18-14;15-10-3-1-9(2-4-10)14-12(8-19)18-6-5-11(16)7-13(18)17-14;15-8-3-4-19-12(7-20)14(18-13(19)5-8)10-2-1-9(16)6-11(10)17;3-2(4,5)1(6)7/h2*1-7,22H,8H2;1-7,19H,8H2;1-6,20H,7H2;1-7,19H,8H2;1-6,20H,7H2;(H,6,7). The maximum absolute atomic E-state index is 13.9. The van der Waals surface area contributed by atoms with E-state index in [2.05, 4.69) is 61.8 Å². The van der Waals surface area contributed by atoms with Crippen molar-refractivity contribution in [2.45, 2.75) is 58.2 Å². The monoisotopic (exact) mass is 2060 g/mol. The van der Waals surface area contributed by atoms with Gasteiger partial charge < -0.3 is 62.1 Å². The SMILES string of the molecule is O=C(O)C(F)(F)F.OCc1c(-c2ccc(Br)cc2)nc2cc(Cl)ccn12.OCc1c(-c2ccc(Br)cc2)nc2ccc(C(F)(F)F)cn12.OCc1c(-c2ccc(Cl)cc2)nc2cc(Cl)ccn12.OCc1c(-c2ccc(Cl)cc2)nc2ccc(C(F)(F)F)cn12.OCc1c(-c2ccc(Cl)cc2Cl)nc2cc(Cl)ccn12.OCc1c(-c2ccc(F)cc2F)nc2cc(Cl)ccn12. The van der Waals surface area contributed by atoms with Crippen molar-refractivity contribution in [3.63, 3.8) is 0 Å². The van der Waals surface area contributed by atoms with Gasteiger partial charge in [0.05, 0.1) is 124 Å². The molecule has 18 aromatic rings. The van der Waals surface area contributed by atoms with E-state index in [1.165, 1.54) is 27.0 Å². The summed E-state index contributed by atoms with van der Waals surface area (Å²) in [5.41, 5.74) is 12.3. The van der Waals surface area contributed by atoms with Gasteiger partial charge in [-0.1, -0.05) is 173 Å². The molecule has 41 heteroatoms. The van der Waals surface area contributed by atoms with Gasteiger partial charge in [-0.2, -0.15) is 39.5 Å². The Hall–Kier alpha value is -10.8. The summed E-state index contributed by atoms with van der Waals surface area (Å²) in [7, 11) is 0. The number of imidazole rings is 6. The number of aliphatic hydroxyl groups is 6. The molecule has 18 rings (SSSR count). The average Bonchev–Trinajstić information content (AvgIpc) is 2.07. The van der Waals surface area contributed by atoms with Crippen LogP contribution >= 0.6 is 125 Å². The number of aromatic nitrogens is 12. The van der Waals surface area contributed by atoms with Crippen LogP contribution in [0.1, 0.15) is 45.3 Å².